The van der Waals surface area contributed by atoms with Crippen molar-refractivity contribution in [3.8, 4) is 0 Å². The minimum absolute atomic E-state index is 0.000948. The zero-order chi connectivity index (χ0) is 15.7. The van der Waals surface area contributed by atoms with E-state index in [9.17, 15) is 13.2 Å². The molecule has 0 amide bonds. The number of nitrogens with zero attached hydrogens (tertiary/aromatic N) is 4. The molecular formula is C13H16F3N5O. The summed E-state index contributed by atoms with van der Waals surface area (Å²) in [4.78, 5) is 15.4. The standard InChI is InChI=1S/C13H16F3N5O/c1-21(6-8-4-2-3-5-22-8)11-9-10(18-7-17-9)19-12(20-11)13(14,15)16/h7-8H,2-6H2,1H3,(H,17,18,19,20). The van der Waals surface area contributed by atoms with E-state index >= 15 is 0 Å². The molecule has 0 aliphatic carbocycles. The van der Waals surface area contributed by atoms with E-state index in [1.165, 1.54) is 6.33 Å². The van der Waals surface area contributed by atoms with Gasteiger partial charge in [0.25, 0.3) is 0 Å². The zero-order valence-electron chi connectivity index (χ0n) is 12.0. The summed E-state index contributed by atoms with van der Waals surface area (Å²) in [7, 11) is 1.70. The highest BCUT2D eigenvalue weighted by atomic mass is 19.4. The van der Waals surface area contributed by atoms with Crippen LogP contribution in [0.5, 0.6) is 0 Å². The van der Waals surface area contributed by atoms with Gasteiger partial charge in [-0.3, -0.25) is 0 Å². The summed E-state index contributed by atoms with van der Waals surface area (Å²) >= 11 is 0. The Hall–Kier alpha value is -1.90. The maximum atomic E-state index is 12.9. The van der Waals surface area contributed by atoms with Crippen LogP contribution in [0.25, 0.3) is 11.2 Å². The molecule has 1 unspecified atom stereocenters. The average molecular weight is 315 g/mol. The van der Waals surface area contributed by atoms with Gasteiger partial charge in [0.05, 0.1) is 12.4 Å². The number of halogens is 3. The van der Waals surface area contributed by atoms with Crippen molar-refractivity contribution in [2.24, 2.45) is 0 Å². The van der Waals surface area contributed by atoms with E-state index in [2.05, 4.69) is 19.9 Å². The van der Waals surface area contributed by atoms with Crippen LogP contribution in [0.4, 0.5) is 19.0 Å². The SMILES string of the molecule is CN(CC1CCCCO1)c1nc(C(F)(F)F)nc2nc[nH]c12. The molecule has 2 aromatic rings. The molecule has 3 rings (SSSR count). The van der Waals surface area contributed by atoms with Crippen molar-refractivity contribution >= 4 is 17.0 Å². The number of fused-ring (bicyclic) bond motifs is 1. The van der Waals surface area contributed by atoms with Gasteiger partial charge in [-0.1, -0.05) is 0 Å². The van der Waals surface area contributed by atoms with Crippen molar-refractivity contribution in [3.05, 3.63) is 12.2 Å². The molecule has 0 spiro atoms. The predicted molar refractivity (Wildman–Crippen MR) is 73.5 cm³/mol. The normalized spacial score (nSPS) is 19.5. The average Bonchev–Trinajstić information content (AvgIpc) is 2.94. The fourth-order valence-electron chi connectivity index (χ4n) is 2.56. The Morgan fingerprint density at radius 2 is 2.18 bits per heavy atom. The van der Waals surface area contributed by atoms with Gasteiger partial charge in [0.2, 0.25) is 5.82 Å². The quantitative estimate of drug-likeness (QED) is 0.942. The molecule has 22 heavy (non-hydrogen) atoms. The third-order valence-electron chi connectivity index (χ3n) is 3.63. The lowest BCUT2D eigenvalue weighted by Crippen LogP contribution is -2.34. The van der Waals surface area contributed by atoms with E-state index in [-0.39, 0.29) is 17.6 Å². The summed E-state index contributed by atoms with van der Waals surface area (Å²) in [5.41, 5.74) is 0.403. The molecule has 1 aliphatic rings. The number of alkyl halides is 3. The summed E-state index contributed by atoms with van der Waals surface area (Å²) in [5, 5.41) is 0. The molecule has 0 aromatic carbocycles. The van der Waals surface area contributed by atoms with Crippen molar-refractivity contribution < 1.29 is 17.9 Å². The van der Waals surface area contributed by atoms with Gasteiger partial charge in [0.1, 0.15) is 5.52 Å². The van der Waals surface area contributed by atoms with Gasteiger partial charge in [-0.2, -0.15) is 13.2 Å². The molecule has 6 nitrogen and oxygen atoms in total. The molecule has 1 aliphatic heterocycles. The fourth-order valence-corrected chi connectivity index (χ4v) is 2.56. The van der Waals surface area contributed by atoms with E-state index in [1.54, 1.807) is 11.9 Å². The molecule has 0 bridgehead atoms. The van der Waals surface area contributed by atoms with Crippen LogP contribution in [0, 0.1) is 0 Å². The zero-order valence-corrected chi connectivity index (χ0v) is 12.0. The molecule has 0 saturated carbocycles. The van der Waals surface area contributed by atoms with Gasteiger partial charge in [-0.15, -0.1) is 0 Å². The summed E-state index contributed by atoms with van der Waals surface area (Å²) in [5.74, 6) is -0.998. The lowest BCUT2D eigenvalue weighted by molar-refractivity contribution is -0.144. The Balaban J connectivity index is 1.92. The Bertz CT molecular complexity index is 651. The Morgan fingerprint density at radius 1 is 1.36 bits per heavy atom. The summed E-state index contributed by atoms with van der Waals surface area (Å²) in [6.07, 6.45) is -0.307. The second kappa shape index (κ2) is 5.71. The van der Waals surface area contributed by atoms with Gasteiger partial charge in [0.15, 0.2) is 11.5 Å². The van der Waals surface area contributed by atoms with Gasteiger partial charge < -0.3 is 14.6 Å². The molecule has 1 fully saturated rings. The van der Waals surface area contributed by atoms with Crippen LogP contribution >= 0.6 is 0 Å². The first-order valence-corrected chi connectivity index (χ1v) is 7.06. The maximum Gasteiger partial charge on any atom is 0.451 e. The van der Waals surface area contributed by atoms with Crippen molar-refractivity contribution in [2.75, 3.05) is 25.1 Å². The Kier molecular flexibility index (Phi) is 3.90. The Morgan fingerprint density at radius 3 is 2.86 bits per heavy atom. The minimum atomic E-state index is -4.61. The molecule has 0 radical (unpaired) electrons. The second-order valence-corrected chi connectivity index (χ2v) is 5.34. The van der Waals surface area contributed by atoms with Crippen molar-refractivity contribution in [2.45, 2.75) is 31.5 Å². The van der Waals surface area contributed by atoms with E-state index in [1.807, 2.05) is 0 Å². The largest absolute Gasteiger partial charge is 0.451 e. The lowest BCUT2D eigenvalue weighted by Gasteiger charge is -2.28. The molecule has 120 valence electrons. The van der Waals surface area contributed by atoms with Gasteiger partial charge in [-0.05, 0) is 19.3 Å². The molecule has 1 N–H and O–H groups in total. The molecule has 1 saturated heterocycles. The third kappa shape index (κ3) is 2.99. The number of ether oxygens (including phenoxy) is 1. The molecular weight excluding hydrogens is 299 g/mol. The van der Waals surface area contributed by atoms with Crippen LogP contribution in [0.15, 0.2) is 6.33 Å². The van der Waals surface area contributed by atoms with E-state index < -0.39 is 12.0 Å². The third-order valence-corrected chi connectivity index (χ3v) is 3.63. The first-order chi connectivity index (χ1) is 10.4. The van der Waals surface area contributed by atoms with Crippen molar-refractivity contribution in [1.29, 1.82) is 0 Å². The monoisotopic (exact) mass is 315 g/mol. The smallest absolute Gasteiger partial charge is 0.376 e. The van der Waals surface area contributed by atoms with Crippen LogP contribution in [0.1, 0.15) is 25.1 Å². The maximum absolute atomic E-state index is 12.9. The highest BCUT2D eigenvalue weighted by Gasteiger charge is 2.36. The number of anilines is 1. The van der Waals surface area contributed by atoms with E-state index in [0.717, 1.165) is 19.3 Å². The summed E-state index contributed by atoms with van der Waals surface area (Å²) < 4.78 is 44.4. The number of nitrogens with one attached hydrogen (secondary N) is 1. The number of hydrogen-bond donors (Lipinski definition) is 1. The van der Waals surface area contributed by atoms with Gasteiger partial charge in [-0.25, -0.2) is 15.0 Å². The van der Waals surface area contributed by atoms with Gasteiger partial charge >= 0.3 is 6.18 Å². The van der Waals surface area contributed by atoms with Crippen LogP contribution in [-0.4, -0.2) is 46.2 Å². The number of hydrogen-bond acceptors (Lipinski definition) is 5. The van der Waals surface area contributed by atoms with Crippen LogP contribution < -0.4 is 4.90 Å². The number of imidazole rings is 1. The predicted octanol–water partition coefficient (Wildman–Crippen LogP) is 2.38. The first kappa shape index (κ1) is 15.0. The summed E-state index contributed by atoms with van der Waals surface area (Å²) in [6.45, 7) is 1.16. The van der Waals surface area contributed by atoms with E-state index in [4.69, 9.17) is 4.74 Å². The van der Waals surface area contributed by atoms with E-state index in [0.29, 0.717) is 18.7 Å². The van der Waals surface area contributed by atoms with Crippen molar-refractivity contribution in [3.63, 3.8) is 0 Å². The number of H-pyrrole nitrogens is 1. The fraction of sp³-hybridized carbons (Fsp3) is 0.615. The number of aromatic nitrogens is 4. The topological polar surface area (TPSA) is 66.9 Å². The van der Waals surface area contributed by atoms with Crippen LogP contribution in [0.3, 0.4) is 0 Å². The highest BCUT2D eigenvalue weighted by Crippen LogP contribution is 2.30. The second-order valence-electron chi connectivity index (χ2n) is 5.34. The molecule has 9 heteroatoms. The highest BCUT2D eigenvalue weighted by molar-refractivity contribution is 5.83. The number of rotatable bonds is 3. The minimum Gasteiger partial charge on any atom is -0.376 e. The number of likely N-dealkylation sites (N-methyl/N-ethyl adjacent to an activating group) is 1. The Labute approximate surface area is 124 Å². The van der Waals surface area contributed by atoms with Gasteiger partial charge in [0, 0.05) is 20.2 Å². The number of aromatic amines is 1. The lowest BCUT2D eigenvalue weighted by atomic mass is 10.1. The van der Waals surface area contributed by atoms with Crippen molar-refractivity contribution in [1.82, 2.24) is 19.9 Å². The summed E-state index contributed by atoms with van der Waals surface area (Å²) in [6, 6.07) is 0. The molecule has 2 aromatic heterocycles. The van der Waals surface area contributed by atoms with Crippen LogP contribution in [0.2, 0.25) is 0 Å². The molecule has 1 atom stereocenters. The molecule has 3 heterocycles. The van der Waals surface area contributed by atoms with Crippen LogP contribution in [-0.2, 0) is 10.9 Å². The first-order valence-electron chi connectivity index (χ1n) is 7.06.